The molecule has 1 fully saturated rings. The van der Waals surface area contributed by atoms with Crippen molar-refractivity contribution in [1.82, 2.24) is 5.32 Å². The summed E-state index contributed by atoms with van der Waals surface area (Å²) < 4.78 is 17.9. The number of hydrogen-bond acceptors (Lipinski definition) is 4. The molecule has 1 N–H and O–H groups in total. The van der Waals surface area contributed by atoms with Gasteiger partial charge >= 0.3 is 0 Å². The van der Waals surface area contributed by atoms with E-state index in [9.17, 15) is 4.21 Å². The van der Waals surface area contributed by atoms with Gasteiger partial charge in [0.2, 0.25) is 0 Å². The van der Waals surface area contributed by atoms with Crippen LogP contribution in [0.25, 0.3) is 11.1 Å². The van der Waals surface area contributed by atoms with Gasteiger partial charge in [0.1, 0.15) is 5.75 Å². The monoisotopic (exact) mass is 382 g/mol. The van der Waals surface area contributed by atoms with E-state index in [2.05, 4.69) is 41.4 Å². The zero-order chi connectivity index (χ0) is 18.5. The predicted octanol–water partition coefficient (Wildman–Crippen LogP) is 3.20. The summed E-state index contributed by atoms with van der Waals surface area (Å²) in [6, 6.07) is 11.5. The Bertz CT molecular complexity index is 927. The molecule has 0 aliphatic carbocycles. The van der Waals surface area contributed by atoms with Gasteiger partial charge in [-0.3, -0.25) is 4.21 Å². The summed E-state index contributed by atoms with van der Waals surface area (Å²) >= 11 is 0. The van der Waals surface area contributed by atoms with Crippen molar-refractivity contribution in [2.24, 2.45) is 0 Å². The number of anilines is 1. The van der Waals surface area contributed by atoms with Crippen molar-refractivity contribution in [3.8, 4) is 16.9 Å². The lowest BCUT2D eigenvalue weighted by Gasteiger charge is -2.33. The average molecular weight is 383 g/mol. The van der Waals surface area contributed by atoms with E-state index in [4.69, 9.17) is 4.74 Å². The Labute approximate surface area is 163 Å². The lowest BCUT2D eigenvalue weighted by molar-refractivity contribution is 0.406. The molecule has 5 rings (SSSR count). The molecule has 0 saturated carbocycles. The Morgan fingerprint density at radius 2 is 2.15 bits per heavy atom. The van der Waals surface area contributed by atoms with Crippen molar-refractivity contribution in [3.63, 3.8) is 0 Å². The van der Waals surface area contributed by atoms with Crippen molar-refractivity contribution in [2.45, 2.75) is 31.1 Å². The molecule has 1 saturated heterocycles. The molecule has 27 heavy (non-hydrogen) atoms. The Morgan fingerprint density at radius 1 is 1.26 bits per heavy atom. The molecule has 3 aliphatic heterocycles. The van der Waals surface area contributed by atoms with Gasteiger partial charge in [-0.05, 0) is 72.0 Å². The van der Waals surface area contributed by atoms with E-state index in [1.54, 1.807) is 7.11 Å². The number of fused-ring (bicyclic) bond motifs is 3. The van der Waals surface area contributed by atoms with Crippen LogP contribution in [-0.2, 0) is 16.6 Å². The van der Waals surface area contributed by atoms with Gasteiger partial charge in [-0.25, -0.2) is 0 Å². The van der Waals surface area contributed by atoms with Gasteiger partial charge in [0.05, 0.1) is 12.9 Å². The van der Waals surface area contributed by atoms with Gasteiger partial charge in [-0.15, -0.1) is 0 Å². The lowest BCUT2D eigenvalue weighted by atomic mass is 9.87. The molecule has 0 amide bonds. The smallest absolute Gasteiger partial charge is 0.119 e. The van der Waals surface area contributed by atoms with Crippen molar-refractivity contribution >= 4 is 16.5 Å². The quantitative estimate of drug-likeness (QED) is 0.866. The van der Waals surface area contributed by atoms with Gasteiger partial charge in [0.15, 0.2) is 0 Å². The molecule has 3 heterocycles. The molecule has 3 unspecified atom stereocenters. The second-order valence-electron chi connectivity index (χ2n) is 7.90. The number of nitrogens with zero attached hydrogens (tertiary/aromatic N) is 1. The van der Waals surface area contributed by atoms with Crippen LogP contribution in [0.2, 0.25) is 0 Å². The molecule has 0 aromatic heterocycles. The maximum atomic E-state index is 12.5. The third-order valence-corrected chi connectivity index (χ3v) is 7.64. The number of methoxy groups -OCH3 is 1. The molecular weight excluding hydrogens is 356 g/mol. The highest BCUT2D eigenvalue weighted by Gasteiger charge is 2.42. The van der Waals surface area contributed by atoms with Gasteiger partial charge < -0.3 is 15.0 Å². The molecule has 3 atom stereocenters. The molecule has 142 valence electrons. The average Bonchev–Trinajstić information content (AvgIpc) is 2.89. The molecule has 2 aromatic carbocycles. The summed E-state index contributed by atoms with van der Waals surface area (Å²) in [5.41, 5.74) is 7.80. The highest BCUT2D eigenvalue weighted by molar-refractivity contribution is 7.84. The number of benzene rings is 2. The highest BCUT2D eigenvalue weighted by atomic mass is 32.2. The first-order valence-electron chi connectivity index (χ1n) is 9.80. The molecule has 0 spiro atoms. The molecule has 0 bridgehead atoms. The number of aryl methyl sites for hydroxylation is 1. The summed E-state index contributed by atoms with van der Waals surface area (Å²) in [6.45, 7) is 5.18. The summed E-state index contributed by atoms with van der Waals surface area (Å²) in [5, 5.41) is 3.59. The number of nitrogens with one attached hydrogen (secondary N) is 1. The second kappa shape index (κ2) is 6.64. The van der Waals surface area contributed by atoms with E-state index in [0.29, 0.717) is 17.7 Å². The maximum Gasteiger partial charge on any atom is 0.119 e. The number of ether oxygens (including phenoxy) is 1. The van der Waals surface area contributed by atoms with E-state index in [1.807, 2.05) is 6.07 Å². The number of hydrogen-bond donors (Lipinski definition) is 1. The van der Waals surface area contributed by atoms with Crippen LogP contribution in [0.1, 0.15) is 29.0 Å². The van der Waals surface area contributed by atoms with E-state index in [0.717, 1.165) is 31.1 Å². The SMILES string of the molecule is COc1ccc(-c2cc3c4c(c2)C2CNCCC2N4CCS(=O)C3)c(C)c1. The molecule has 0 radical (unpaired) electrons. The fourth-order valence-electron chi connectivity index (χ4n) is 5.13. The summed E-state index contributed by atoms with van der Waals surface area (Å²) in [6.07, 6.45) is 1.17. The maximum absolute atomic E-state index is 12.5. The molecule has 2 aromatic rings. The minimum atomic E-state index is -0.779. The molecule has 5 heteroatoms. The highest BCUT2D eigenvalue weighted by Crippen LogP contribution is 2.48. The van der Waals surface area contributed by atoms with Crippen LogP contribution in [-0.4, -0.2) is 42.7 Å². The zero-order valence-corrected chi connectivity index (χ0v) is 16.8. The van der Waals surface area contributed by atoms with Crippen LogP contribution in [0.15, 0.2) is 30.3 Å². The Hall–Kier alpha value is -1.85. The van der Waals surface area contributed by atoms with Crippen molar-refractivity contribution < 1.29 is 8.95 Å². The van der Waals surface area contributed by atoms with Crippen LogP contribution in [0.4, 0.5) is 5.69 Å². The third kappa shape index (κ3) is 2.79. The van der Waals surface area contributed by atoms with Gasteiger partial charge in [0.25, 0.3) is 0 Å². The largest absolute Gasteiger partial charge is 0.497 e. The van der Waals surface area contributed by atoms with Crippen LogP contribution >= 0.6 is 0 Å². The van der Waals surface area contributed by atoms with E-state index in [-0.39, 0.29) is 0 Å². The normalized spacial score (nSPS) is 26.3. The van der Waals surface area contributed by atoms with Crippen LogP contribution in [0.5, 0.6) is 5.75 Å². The Balaban J connectivity index is 1.68. The van der Waals surface area contributed by atoms with Crippen molar-refractivity contribution in [3.05, 3.63) is 47.0 Å². The first kappa shape index (κ1) is 17.3. The second-order valence-corrected chi connectivity index (χ2v) is 9.48. The van der Waals surface area contributed by atoms with Crippen LogP contribution in [0, 0.1) is 6.92 Å². The van der Waals surface area contributed by atoms with Crippen LogP contribution < -0.4 is 15.0 Å². The Kier molecular flexibility index (Phi) is 4.25. The topological polar surface area (TPSA) is 41.6 Å². The summed E-state index contributed by atoms with van der Waals surface area (Å²) in [7, 11) is 0.927. The molecule has 4 nitrogen and oxygen atoms in total. The number of piperidine rings is 1. The first-order chi connectivity index (χ1) is 13.2. The minimum Gasteiger partial charge on any atom is -0.497 e. The van der Waals surface area contributed by atoms with E-state index in [1.165, 1.54) is 39.9 Å². The third-order valence-electron chi connectivity index (χ3n) is 6.37. The predicted molar refractivity (Wildman–Crippen MR) is 111 cm³/mol. The van der Waals surface area contributed by atoms with E-state index >= 15 is 0 Å². The van der Waals surface area contributed by atoms with E-state index < -0.39 is 10.8 Å². The van der Waals surface area contributed by atoms with Crippen molar-refractivity contribution in [1.29, 1.82) is 0 Å². The Morgan fingerprint density at radius 3 is 2.96 bits per heavy atom. The lowest BCUT2D eigenvalue weighted by Crippen LogP contribution is -2.45. The summed E-state index contributed by atoms with van der Waals surface area (Å²) in [5.74, 6) is 2.88. The first-order valence-corrected chi connectivity index (χ1v) is 11.3. The minimum absolute atomic E-state index is 0.539. The molecule has 3 aliphatic rings. The zero-order valence-electron chi connectivity index (χ0n) is 16.0. The van der Waals surface area contributed by atoms with Gasteiger partial charge in [-0.1, -0.05) is 6.07 Å². The van der Waals surface area contributed by atoms with Gasteiger partial charge in [0, 0.05) is 47.3 Å². The van der Waals surface area contributed by atoms with Crippen LogP contribution in [0.3, 0.4) is 0 Å². The molecular formula is C22H26N2O2S. The fraction of sp³-hybridized carbons (Fsp3) is 0.455. The number of rotatable bonds is 2. The van der Waals surface area contributed by atoms with Crippen molar-refractivity contribution in [2.75, 3.05) is 37.4 Å². The van der Waals surface area contributed by atoms with Gasteiger partial charge in [-0.2, -0.15) is 0 Å². The summed E-state index contributed by atoms with van der Waals surface area (Å²) in [4.78, 5) is 2.58. The fourth-order valence-corrected chi connectivity index (χ4v) is 6.24. The standard InChI is InChI=1S/C22H26N2O2S/c1-14-9-17(26-2)3-4-18(14)15-10-16-13-27(25)8-7-24-21-5-6-23-12-20(21)19(11-15)22(16)24/h3-4,9-11,20-21,23H,5-8,12-13H2,1-2H3.